The highest BCUT2D eigenvalue weighted by Gasteiger charge is 2.28. The van der Waals surface area contributed by atoms with Gasteiger partial charge in [0.2, 0.25) is 0 Å². The topological polar surface area (TPSA) is 138 Å². The van der Waals surface area contributed by atoms with Crippen LogP contribution in [0.1, 0.15) is 23.5 Å². The van der Waals surface area contributed by atoms with E-state index in [1.807, 2.05) is 24.3 Å². The fraction of sp³-hybridized carbons (Fsp3) is 0.618. The number of benzene rings is 2. The first-order valence-electron chi connectivity index (χ1n) is 16.2. The molecule has 12 heteroatoms. The Balaban J connectivity index is 1.00. The lowest BCUT2D eigenvalue weighted by Crippen LogP contribution is -2.27. The molecule has 0 spiro atoms. The van der Waals surface area contributed by atoms with Crippen LogP contribution in [-0.4, -0.2) is 131 Å². The maximum Gasteiger partial charge on any atom is 0.407 e. The Morgan fingerprint density at radius 2 is 0.913 bits per heavy atom. The van der Waals surface area contributed by atoms with E-state index in [2.05, 4.69) is 29.6 Å². The van der Waals surface area contributed by atoms with Gasteiger partial charge in [0.05, 0.1) is 99.1 Å². The van der Waals surface area contributed by atoms with Gasteiger partial charge in [0.25, 0.3) is 0 Å². The number of fused-ring (bicyclic) bond motifs is 3. The molecule has 3 N–H and O–H groups in total. The molecule has 2 aromatic carbocycles. The predicted octanol–water partition coefficient (Wildman–Crippen LogP) is 3.01. The van der Waals surface area contributed by atoms with E-state index in [9.17, 15) is 4.79 Å². The Kier molecular flexibility index (Phi) is 20.9. The number of hydrogen-bond acceptors (Lipinski definition) is 11. The summed E-state index contributed by atoms with van der Waals surface area (Å²) in [6.45, 7) is 9.52. The first-order chi connectivity index (χ1) is 22.8. The summed E-state index contributed by atoms with van der Waals surface area (Å²) in [5.74, 6) is 0.0537. The molecule has 0 aliphatic heterocycles. The van der Waals surface area contributed by atoms with Crippen molar-refractivity contribution in [2.75, 3.05) is 125 Å². The second-order valence-electron chi connectivity index (χ2n) is 10.3. The monoisotopic (exact) mass is 648 g/mol. The molecule has 0 fully saturated rings. The molecule has 0 heterocycles. The van der Waals surface area contributed by atoms with Crippen molar-refractivity contribution in [3.8, 4) is 11.1 Å². The fourth-order valence-electron chi connectivity index (χ4n) is 4.74. The van der Waals surface area contributed by atoms with Crippen LogP contribution in [0.5, 0.6) is 0 Å². The van der Waals surface area contributed by atoms with E-state index in [1.54, 1.807) is 0 Å². The third-order valence-corrected chi connectivity index (χ3v) is 6.94. The van der Waals surface area contributed by atoms with Crippen LogP contribution in [0.2, 0.25) is 0 Å². The van der Waals surface area contributed by atoms with Crippen LogP contribution in [0.3, 0.4) is 0 Å². The predicted molar refractivity (Wildman–Crippen MR) is 173 cm³/mol. The van der Waals surface area contributed by atoms with Gasteiger partial charge in [0.1, 0.15) is 6.61 Å². The molecular formula is C34H52N2O10. The number of ether oxygens (including phenoxy) is 9. The van der Waals surface area contributed by atoms with Crippen LogP contribution in [0.25, 0.3) is 11.1 Å². The van der Waals surface area contributed by atoms with Crippen molar-refractivity contribution in [2.45, 2.75) is 12.3 Å². The van der Waals surface area contributed by atoms with E-state index in [-0.39, 0.29) is 5.92 Å². The van der Waals surface area contributed by atoms with E-state index in [0.29, 0.717) is 132 Å². The zero-order valence-corrected chi connectivity index (χ0v) is 27.0. The number of alkyl carbamates (subject to hydrolysis) is 1. The van der Waals surface area contributed by atoms with Gasteiger partial charge in [0.15, 0.2) is 0 Å². The molecule has 1 amide bonds. The molecule has 12 nitrogen and oxygen atoms in total. The van der Waals surface area contributed by atoms with E-state index in [1.165, 1.54) is 22.3 Å². The number of nitrogens with two attached hydrogens (primary N) is 1. The second-order valence-corrected chi connectivity index (χ2v) is 10.3. The van der Waals surface area contributed by atoms with Crippen molar-refractivity contribution in [3.05, 3.63) is 59.7 Å². The molecule has 3 rings (SSSR count). The SMILES string of the molecule is NCCOCCOCCOCCOCCOCCOCCOCCOCCCNC(=O)OCC1c2ccccc2-c2ccccc21. The summed E-state index contributed by atoms with van der Waals surface area (Å²) in [6, 6.07) is 16.6. The normalized spacial score (nSPS) is 12.3. The molecule has 0 saturated heterocycles. The molecule has 1 aliphatic carbocycles. The zero-order valence-electron chi connectivity index (χ0n) is 27.0. The Hall–Kier alpha value is -2.65. The van der Waals surface area contributed by atoms with Crippen LogP contribution in [-0.2, 0) is 42.6 Å². The number of carbonyl (C=O) groups excluding carboxylic acids is 1. The maximum absolute atomic E-state index is 12.2. The number of hydrogen-bond donors (Lipinski definition) is 2. The van der Waals surface area contributed by atoms with Gasteiger partial charge in [-0.2, -0.15) is 0 Å². The molecule has 1 aliphatic rings. The third kappa shape index (κ3) is 15.8. The van der Waals surface area contributed by atoms with E-state index >= 15 is 0 Å². The van der Waals surface area contributed by atoms with E-state index < -0.39 is 6.09 Å². The summed E-state index contributed by atoms with van der Waals surface area (Å²) in [6.07, 6.45) is 0.277. The van der Waals surface area contributed by atoms with Gasteiger partial charge < -0.3 is 53.7 Å². The van der Waals surface area contributed by atoms with Gasteiger partial charge in [-0.3, -0.25) is 0 Å². The molecule has 2 aromatic rings. The summed E-state index contributed by atoms with van der Waals surface area (Å²) in [4.78, 5) is 12.2. The van der Waals surface area contributed by atoms with Crippen molar-refractivity contribution in [1.82, 2.24) is 5.32 Å². The first kappa shape index (κ1) is 37.8. The molecule has 0 radical (unpaired) electrons. The highest BCUT2D eigenvalue weighted by Crippen LogP contribution is 2.44. The van der Waals surface area contributed by atoms with Crippen LogP contribution in [0.4, 0.5) is 4.79 Å². The molecule has 0 aromatic heterocycles. The molecule has 0 atom stereocenters. The number of rotatable bonds is 29. The molecule has 0 bridgehead atoms. The number of carbonyl (C=O) groups is 1. The highest BCUT2D eigenvalue weighted by molar-refractivity contribution is 5.79. The summed E-state index contributed by atoms with van der Waals surface area (Å²) in [5.41, 5.74) is 10.1. The Morgan fingerprint density at radius 1 is 0.543 bits per heavy atom. The lowest BCUT2D eigenvalue weighted by Gasteiger charge is -2.14. The van der Waals surface area contributed by atoms with Crippen molar-refractivity contribution in [3.63, 3.8) is 0 Å². The highest BCUT2D eigenvalue weighted by atomic mass is 16.6. The zero-order chi connectivity index (χ0) is 32.3. The first-order valence-corrected chi connectivity index (χ1v) is 16.2. The van der Waals surface area contributed by atoms with Gasteiger partial charge >= 0.3 is 6.09 Å². The van der Waals surface area contributed by atoms with Crippen molar-refractivity contribution < 1.29 is 47.4 Å². The molecule has 0 saturated carbocycles. The van der Waals surface area contributed by atoms with Crippen LogP contribution >= 0.6 is 0 Å². The average Bonchev–Trinajstić information content (AvgIpc) is 3.40. The van der Waals surface area contributed by atoms with Crippen LogP contribution in [0.15, 0.2) is 48.5 Å². The number of nitrogens with one attached hydrogen (secondary N) is 1. The fourth-order valence-corrected chi connectivity index (χ4v) is 4.74. The summed E-state index contributed by atoms with van der Waals surface area (Å²) >= 11 is 0. The minimum atomic E-state index is -0.412. The summed E-state index contributed by atoms with van der Waals surface area (Å²) < 4.78 is 49.1. The minimum absolute atomic E-state index is 0.0537. The summed E-state index contributed by atoms with van der Waals surface area (Å²) in [5, 5.41) is 2.80. The largest absolute Gasteiger partial charge is 0.449 e. The van der Waals surface area contributed by atoms with Crippen molar-refractivity contribution in [2.24, 2.45) is 5.73 Å². The van der Waals surface area contributed by atoms with Crippen molar-refractivity contribution in [1.29, 1.82) is 0 Å². The van der Waals surface area contributed by atoms with Crippen molar-refractivity contribution >= 4 is 6.09 Å². The number of amides is 1. The minimum Gasteiger partial charge on any atom is -0.449 e. The lowest BCUT2D eigenvalue weighted by atomic mass is 9.98. The molecular weight excluding hydrogens is 596 g/mol. The third-order valence-electron chi connectivity index (χ3n) is 6.94. The quantitative estimate of drug-likeness (QED) is 0.126. The van der Waals surface area contributed by atoms with Gasteiger partial charge in [-0.25, -0.2) is 4.79 Å². The second kappa shape index (κ2) is 25.4. The van der Waals surface area contributed by atoms with Crippen LogP contribution in [0, 0.1) is 0 Å². The standard InChI is InChI=1S/C34H52N2O10/c35-10-13-39-15-17-41-19-21-43-23-25-45-27-26-44-24-22-42-20-18-40-16-14-38-12-5-11-36-34(37)46-28-33-31-8-3-1-6-29(31)30-7-2-4-9-32(30)33/h1-4,6-9,33H,5,10-28,35H2,(H,36,37). The van der Waals surface area contributed by atoms with Gasteiger partial charge in [-0.1, -0.05) is 48.5 Å². The average molecular weight is 649 g/mol. The lowest BCUT2D eigenvalue weighted by molar-refractivity contribution is -0.0229. The summed E-state index contributed by atoms with van der Waals surface area (Å²) in [7, 11) is 0. The van der Waals surface area contributed by atoms with Gasteiger partial charge in [-0.05, 0) is 28.7 Å². The van der Waals surface area contributed by atoms with E-state index in [0.717, 1.165) is 0 Å². The molecule has 258 valence electrons. The Labute approximate surface area is 273 Å². The van der Waals surface area contributed by atoms with Gasteiger partial charge in [0, 0.05) is 25.6 Å². The van der Waals surface area contributed by atoms with Gasteiger partial charge in [-0.15, -0.1) is 0 Å². The Morgan fingerprint density at radius 3 is 1.33 bits per heavy atom. The smallest absolute Gasteiger partial charge is 0.407 e. The molecule has 0 unspecified atom stereocenters. The van der Waals surface area contributed by atoms with E-state index in [4.69, 9.17) is 48.4 Å². The van der Waals surface area contributed by atoms with Crippen LogP contribution < -0.4 is 11.1 Å². The Bertz CT molecular complexity index is 1010. The molecule has 46 heavy (non-hydrogen) atoms. The maximum atomic E-state index is 12.2.